The fourth-order valence-electron chi connectivity index (χ4n) is 1.92. The molecule has 1 aliphatic rings. The van der Waals surface area contributed by atoms with E-state index in [0.717, 1.165) is 18.0 Å². The molecule has 0 aromatic heterocycles. The van der Waals surface area contributed by atoms with Crippen molar-refractivity contribution in [3.05, 3.63) is 24.3 Å². The highest BCUT2D eigenvalue weighted by Crippen LogP contribution is 2.32. The molecule has 0 radical (unpaired) electrons. The van der Waals surface area contributed by atoms with E-state index < -0.39 is 5.97 Å². The Labute approximate surface area is 94.4 Å². The van der Waals surface area contributed by atoms with E-state index in [1.807, 2.05) is 31.2 Å². The summed E-state index contributed by atoms with van der Waals surface area (Å²) in [7, 11) is 0. The third-order valence-corrected chi connectivity index (χ3v) is 2.61. The Kier molecular flexibility index (Phi) is 2.99. The van der Waals surface area contributed by atoms with E-state index in [2.05, 4.69) is 4.90 Å². The first kappa shape index (κ1) is 10.8. The molecule has 0 bridgehead atoms. The molecule has 0 amide bonds. The summed E-state index contributed by atoms with van der Waals surface area (Å²) in [5.74, 6) is 0.0725. The van der Waals surface area contributed by atoms with Gasteiger partial charge in [0.2, 0.25) is 0 Å². The Balaban J connectivity index is 2.16. The number of benzene rings is 1. The van der Waals surface area contributed by atoms with Crippen molar-refractivity contribution >= 4 is 11.7 Å². The lowest BCUT2D eigenvalue weighted by molar-refractivity contribution is -0.136. The van der Waals surface area contributed by atoms with Gasteiger partial charge in [0.1, 0.15) is 11.9 Å². The van der Waals surface area contributed by atoms with Crippen molar-refractivity contribution in [2.24, 2.45) is 0 Å². The lowest BCUT2D eigenvalue weighted by Gasteiger charge is -2.34. The summed E-state index contributed by atoms with van der Waals surface area (Å²) in [4.78, 5) is 12.6. The second-order valence-electron chi connectivity index (χ2n) is 3.99. The minimum Gasteiger partial charge on any atom is -0.487 e. The number of ether oxygens (including phenoxy) is 1. The van der Waals surface area contributed by atoms with Crippen LogP contribution in [0.25, 0.3) is 0 Å². The summed E-state index contributed by atoms with van der Waals surface area (Å²) in [6.45, 7) is 3.26. The van der Waals surface area contributed by atoms with Crippen LogP contribution in [-0.2, 0) is 4.79 Å². The third-order valence-electron chi connectivity index (χ3n) is 2.61. The Bertz CT molecular complexity index is 392. The average molecular weight is 221 g/mol. The van der Waals surface area contributed by atoms with E-state index in [1.54, 1.807) is 0 Å². The lowest BCUT2D eigenvalue weighted by atomic mass is 10.2. The zero-order valence-electron chi connectivity index (χ0n) is 9.22. The summed E-state index contributed by atoms with van der Waals surface area (Å²) in [5, 5.41) is 8.70. The molecule has 0 saturated heterocycles. The highest BCUT2D eigenvalue weighted by Gasteiger charge is 2.22. The molecule has 4 heteroatoms. The average Bonchev–Trinajstić information content (AvgIpc) is 2.25. The van der Waals surface area contributed by atoms with Crippen LogP contribution in [0.4, 0.5) is 5.69 Å². The van der Waals surface area contributed by atoms with Gasteiger partial charge in [-0.25, -0.2) is 0 Å². The zero-order valence-corrected chi connectivity index (χ0v) is 9.22. The molecule has 1 atom stereocenters. The van der Waals surface area contributed by atoms with Gasteiger partial charge in [0.15, 0.2) is 0 Å². The predicted molar refractivity (Wildman–Crippen MR) is 61.0 cm³/mol. The van der Waals surface area contributed by atoms with E-state index in [-0.39, 0.29) is 12.5 Å². The topological polar surface area (TPSA) is 49.8 Å². The van der Waals surface area contributed by atoms with E-state index in [4.69, 9.17) is 9.84 Å². The Morgan fingerprint density at radius 3 is 3.06 bits per heavy atom. The fourth-order valence-corrected chi connectivity index (χ4v) is 1.92. The van der Waals surface area contributed by atoms with Crippen molar-refractivity contribution < 1.29 is 14.6 Å². The number of carbonyl (C=O) groups is 1. The summed E-state index contributed by atoms with van der Waals surface area (Å²) in [5.41, 5.74) is 0.988. The highest BCUT2D eigenvalue weighted by atomic mass is 16.5. The maximum Gasteiger partial charge on any atom is 0.305 e. The fraction of sp³-hybridized carbons (Fsp3) is 0.417. The van der Waals surface area contributed by atoms with Crippen LogP contribution in [0.3, 0.4) is 0 Å². The molecule has 0 aliphatic carbocycles. The van der Waals surface area contributed by atoms with E-state index in [0.29, 0.717) is 6.54 Å². The van der Waals surface area contributed by atoms with Gasteiger partial charge < -0.3 is 14.7 Å². The molecule has 1 aromatic rings. The minimum atomic E-state index is -0.767. The maximum absolute atomic E-state index is 10.6. The highest BCUT2D eigenvalue weighted by molar-refractivity contribution is 5.68. The Morgan fingerprint density at radius 2 is 2.31 bits per heavy atom. The molecule has 2 rings (SSSR count). The molecular formula is C12H15NO3. The monoisotopic (exact) mass is 221 g/mol. The zero-order chi connectivity index (χ0) is 11.5. The molecule has 16 heavy (non-hydrogen) atoms. The van der Waals surface area contributed by atoms with Gasteiger partial charge >= 0.3 is 5.97 Å². The van der Waals surface area contributed by atoms with Crippen LogP contribution in [0.15, 0.2) is 24.3 Å². The molecule has 86 valence electrons. The molecule has 0 spiro atoms. The van der Waals surface area contributed by atoms with E-state index >= 15 is 0 Å². The van der Waals surface area contributed by atoms with Crippen molar-refractivity contribution in [1.82, 2.24) is 0 Å². The van der Waals surface area contributed by atoms with Crippen LogP contribution < -0.4 is 9.64 Å². The van der Waals surface area contributed by atoms with Gasteiger partial charge in [-0.2, -0.15) is 0 Å². The number of aliphatic carboxylic acids is 1. The van der Waals surface area contributed by atoms with Crippen LogP contribution in [0.1, 0.15) is 13.3 Å². The molecule has 0 saturated carbocycles. The van der Waals surface area contributed by atoms with Gasteiger partial charge in [0.05, 0.1) is 18.7 Å². The van der Waals surface area contributed by atoms with Gasteiger partial charge in [0.25, 0.3) is 0 Å². The Morgan fingerprint density at radius 1 is 1.56 bits per heavy atom. The molecule has 1 N–H and O–H groups in total. The van der Waals surface area contributed by atoms with Crippen molar-refractivity contribution in [1.29, 1.82) is 0 Å². The summed E-state index contributed by atoms with van der Waals surface area (Å²) < 4.78 is 5.68. The number of carboxylic acids is 1. The third kappa shape index (κ3) is 2.27. The van der Waals surface area contributed by atoms with Crippen LogP contribution in [0.2, 0.25) is 0 Å². The summed E-state index contributed by atoms with van der Waals surface area (Å²) >= 11 is 0. The van der Waals surface area contributed by atoms with E-state index in [9.17, 15) is 4.79 Å². The number of hydrogen-bond donors (Lipinski definition) is 1. The predicted octanol–water partition coefficient (Wildman–Crippen LogP) is 1.75. The van der Waals surface area contributed by atoms with Crippen molar-refractivity contribution in [2.45, 2.75) is 19.4 Å². The minimum absolute atomic E-state index is 0.101. The molecule has 1 unspecified atom stereocenters. The molecule has 4 nitrogen and oxygen atoms in total. The Hall–Kier alpha value is -1.71. The van der Waals surface area contributed by atoms with Gasteiger partial charge in [-0.1, -0.05) is 12.1 Å². The first-order valence-corrected chi connectivity index (χ1v) is 5.39. The van der Waals surface area contributed by atoms with E-state index in [1.165, 1.54) is 0 Å². The molecular weight excluding hydrogens is 206 g/mol. The number of fused-ring (bicyclic) bond motifs is 1. The van der Waals surface area contributed by atoms with Crippen LogP contribution in [0.5, 0.6) is 5.75 Å². The molecule has 1 aromatic carbocycles. The molecule has 1 aliphatic heterocycles. The van der Waals surface area contributed by atoms with Gasteiger partial charge in [-0.3, -0.25) is 4.79 Å². The van der Waals surface area contributed by atoms with Gasteiger partial charge in [-0.15, -0.1) is 0 Å². The normalized spacial score (nSPS) is 18.8. The first-order chi connectivity index (χ1) is 7.66. The number of para-hydroxylation sites is 2. The second-order valence-corrected chi connectivity index (χ2v) is 3.99. The van der Waals surface area contributed by atoms with Gasteiger partial charge in [0, 0.05) is 6.54 Å². The van der Waals surface area contributed by atoms with Crippen LogP contribution >= 0.6 is 0 Å². The van der Waals surface area contributed by atoms with Crippen LogP contribution in [0, 0.1) is 0 Å². The standard InChI is InChI=1S/C12H15NO3/c1-9-8-13(7-6-12(14)15)10-4-2-3-5-11(10)16-9/h2-5,9H,6-8H2,1H3,(H,14,15). The molecule has 0 fully saturated rings. The van der Waals surface area contributed by atoms with Crippen LogP contribution in [-0.4, -0.2) is 30.3 Å². The summed E-state index contributed by atoms with van der Waals surface area (Å²) in [6.07, 6.45) is 0.254. The number of anilines is 1. The lowest BCUT2D eigenvalue weighted by Crippen LogP contribution is -2.39. The quantitative estimate of drug-likeness (QED) is 0.844. The van der Waals surface area contributed by atoms with Crippen molar-refractivity contribution in [2.75, 3.05) is 18.0 Å². The van der Waals surface area contributed by atoms with Crippen molar-refractivity contribution in [3.63, 3.8) is 0 Å². The number of nitrogens with zero attached hydrogens (tertiary/aromatic N) is 1. The van der Waals surface area contributed by atoms with Crippen molar-refractivity contribution in [3.8, 4) is 5.75 Å². The number of carboxylic acid groups (broad SMARTS) is 1. The number of hydrogen-bond acceptors (Lipinski definition) is 3. The maximum atomic E-state index is 10.6. The van der Waals surface area contributed by atoms with Gasteiger partial charge in [-0.05, 0) is 19.1 Å². The summed E-state index contributed by atoms with van der Waals surface area (Å²) in [6, 6.07) is 7.74. The smallest absolute Gasteiger partial charge is 0.305 e. The number of rotatable bonds is 3. The SMILES string of the molecule is CC1CN(CCC(=O)O)c2ccccc2O1. The second kappa shape index (κ2) is 4.43. The first-order valence-electron chi connectivity index (χ1n) is 5.39. The molecule has 1 heterocycles. The largest absolute Gasteiger partial charge is 0.487 e.